The summed E-state index contributed by atoms with van der Waals surface area (Å²) in [7, 11) is 2.15. The second-order valence-corrected chi connectivity index (χ2v) is 7.62. The maximum atomic E-state index is 12.1. The zero-order chi connectivity index (χ0) is 13.9. The van der Waals surface area contributed by atoms with Crippen LogP contribution in [0.25, 0.3) is 0 Å². The van der Waals surface area contributed by atoms with Gasteiger partial charge in [-0.1, -0.05) is 34.6 Å². The van der Waals surface area contributed by atoms with Gasteiger partial charge in [-0.3, -0.25) is 4.79 Å². The van der Waals surface area contributed by atoms with Gasteiger partial charge in [0, 0.05) is 25.4 Å². The van der Waals surface area contributed by atoms with E-state index in [4.69, 9.17) is 0 Å². The lowest BCUT2D eigenvalue weighted by atomic mass is 9.68. The molecule has 2 atom stereocenters. The van der Waals surface area contributed by atoms with Crippen molar-refractivity contribution in [2.75, 3.05) is 20.1 Å². The first-order chi connectivity index (χ1) is 8.20. The van der Waals surface area contributed by atoms with Crippen LogP contribution in [-0.2, 0) is 4.79 Å². The van der Waals surface area contributed by atoms with E-state index in [2.05, 4.69) is 46.6 Å². The number of Topliss-reactive ketones (excluding diaryl/α,β-unsaturated/α-hetero) is 1. The zero-order valence-corrected chi connectivity index (χ0v) is 13.1. The molecule has 2 unspecified atom stereocenters. The first-order valence-electron chi connectivity index (χ1n) is 7.41. The highest BCUT2D eigenvalue weighted by Crippen LogP contribution is 2.39. The molecule has 2 nitrogen and oxygen atoms in total. The van der Waals surface area contributed by atoms with Crippen molar-refractivity contribution in [1.82, 2.24) is 4.90 Å². The first kappa shape index (κ1) is 15.7. The summed E-state index contributed by atoms with van der Waals surface area (Å²) < 4.78 is 0. The van der Waals surface area contributed by atoms with Crippen molar-refractivity contribution < 1.29 is 4.79 Å². The van der Waals surface area contributed by atoms with E-state index in [1.165, 1.54) is 0 Å². The molecule has 106 valence electrons. The Balaban J connectivity index is 2.55. The fraction of sp³-hybridized carbons (Fsp3) is 0.938. The molecular weight excluding hydrogens is 222 g/mol. The summed E-state index contributed by atoms with van der Waals surface area (Å²) in [6, 6.07) is 0. The van der Waals surface area contributed by atoms with E-state index in [0.717, 1.165) is 32.4 Å². The Hall–Kier alpha value is -0.370. The molecule has 0 heterocycles. The lowest BCUT2D eigenvalue weighted by Crippen LogP contribution is -2.39. The van der Waals surface area contributed by atoms with Gasteiger partial charge in [-0.25, -0.2) is 0 Å². The van der Waals surface area contributed by atoms with Crippen LogP contribution in [0.15, 0.2) is 0 Å². The van der Waals surface area contributed by atoms with E-state index < -0.39 is 0 Å². The Morgan fingerprint density at radius 2 is 1.94 bits per heavy atom. The van der Waals surface area contributed by atoms with Gasteiger partial charge in [-0.15, -0.1) is 0 Å². The van der Waals surface area contributed by atoms with Crippen molar-refractivity contribution in [3.8, 4) is 0 Å². The predicted octanol–water partition coefficient (Wildman–Crippen LogP) is 3.61. The quantitative estimate of drug-likeness (QED) is 0.763. The van der Waals surface area contributed by atoms with E-state index in [-0.39, 0.29) is 5.92 Å². The summed E-state index contributed by atoms with van der Waals surface area (Å²) in [6.07, 6.45) is 2.97. The summed E-state index contributed by atoms with van der Waals surface area (Å²) >= 11 is 0. The third-order valence-electron chi connectivity index (χ3n) is 4.20. The third kappa shape index (κ3) is 4.72. The Labute approximate surface area is 113 Å². The molecule has 0 aromatic rings. The average molecular weight is 253 g/mol. The fourth-order valence-corrected chi connectivity index (χ4v) is 3.15. The molecule has 0 bridgehead atoms. The third-order valence-corrected chi connectivity index (χ3v) is 4.20. The Morgan fingerprint density at radius 1 is 1.33 bits per heavy atom. The van der Waals surface area contributed by atoms with E-state index >= 15 is 0 Å². The normalized spacial score (nSPS) is 26.1. The molecule has 0 N–H and O–H groups in total. The van der Waals surface area contributed by atoms with Crippen LogP contribution in [0.2, 0.25) is 0 Å². The number of rotatable bonds is 4. The second kappa shape index (κ2) is 6.18. The molecule has 0 aromatic carbocycles. The molecule has 0 radical (unpaired) electrons. The summed E-state index contributed by atoms with van der Waals surface area (Å²) in [4.78, 5) is 14.4. The standard InChI is InChI=1S/C16H31NO/c1-12(2)10-17(6)11-13-9-14(16(3,4)5)7-8-15(13)18/h12-14H,7-11H2,1-6H3. The summed E-state index contributed by atoms with van der Waals surface area (Å²) in [5, 5.41) is 0. The van der Waals surface area contributed by atoms with Gasteiger partial charge in [0.15, 0.2) is 0 Å². The van der Waals surface area contributed by atoms with E-state index in [1.54, 1.807) is 0 Å². The summed E-state index contributed by atoms with van der Waals surface area (Å²) in [5.74, 6) is 2.14. The van der Waals surface area contributed by atoms with Gasteiger partial charge in [0.05, 0.1) is 0 Å². The highest BCUT2D eigenvalue weighted by atomic mass is 16.1. The molecule has 1 aliphatic carbocycles. The lowest BCUT2D eigenvalue weighted by Gasteiger charge is -2.38. The maximum absolute atomic E-state index is 12.1. The minimum Gasteiger partial charge on any atom is -0.305 e. The van der Waals surface area contributed by atoms with E-state index in [9.17, 15) is 4.79 Å². The van der Waals surface area contributed by atoms with Crippen molar-refractivity contribution >= 4 is 5.78 Å². The smallest absolute Gasteiger partial charge is 0.137 e. The second-order valence-electron chi connectivity index (χ2n) is 7.62. The molecule has 0 amide bonds. The molecular formula is C16H31NO. The largest absolute Gasteiger partial charge is 0.305 e. The van der Waals surface area contributed by atoms with Crippen molar-refractivity contribution in [2.24, 2.45) is 23.2 Å². The first-order valence-corrected chi connectivity index (χ1v) is 7.41. The highest BCUT2D eigenvalue weighted by Gasteiger charge is 2.35. The molecule has 1 aliphatic rings. The van der Waals surface area contributed by atoms with E-state index in [1.807, 2.05) is 0 Å². The molecule has 0 aliphatic heterocycles. The number of hydrogen-bond acceptors (Lipinski definition) is 2. The lowest BCUT2D eigenvalue weighted by molar-refractivity contribution is -0.127. The zero-order valence-electron chi connectivity index (χ0n) is 13.1. The van der Waals surface area contributed by atoms with Crippen LogP contribution in [0.4, 0.5) is 0 Å². The number of carbonyl (C=O) groups is 1. The summed E-state index contributed by atoms with van der Waals surface area (Å²) in [5.41, 5.74) is 0.343. The van der Waals surface area contributed by atoms with Crippen LogP contribution in [-0.4, -0.2) is 30.8 Å². The van der Waals surface area contributed by atoms with Gasteiger partial charge in [0.25, 0.3) is 0 Å². The number of nitrogens with zero attached hydrogens (tertiary/aromatic N) is 1. The number of carbonyl (C=O) groups excluding carboxylic acids is 1. The van der Waals surface area contributed by atoms with Gasteiger partial charge in [0.2, 0.25) is 0 Å². The van der Waals surface area contributed by atoms with Crippen LogP contribution >= 0.6 is 0 Å². The summed E-state index contributed by atoms with van der Waals surface area (Å²) in [6.45, 7) is 13.4. The Kier molecular flexibility index (Phi) is 5.39. The Morgan fingerprint density at radius 3 is 2.44 bits per heavy atom. The maximum Gasteiger partial charge on any atom is 0.137 e. The van der Waals surface area contributed by atoms with Crippen LogP contribution in [0.5, 0.6) is 0 Å². The molecule has 2 heteroatoms. The molecule has 1 saturated carbocycles. The average Bonchev–Trinajstić information content (AvgIpc) is 2.18. The monoisotopic (exact) mass is 253 g/mol. The molecule has 1 rings (SSSR count). The van der Waals surface area contributed by atoms with Crippen LogP contribution in [0.3, 0.4) is 0 Å². The van der Waals surface area contributed by atoms with Gasteiger partial charge < -0.3 is 4.90 Å². The molecule has 1 fully saturated rings. The van der Waals surface area contributed by atoms with Crippen LogP contribution < -0.4 is 0 Å². The van der Waals surface area contributed by atoms with Crippen molar-refractivity contribution in [2.45, 2.75) is 53.9 Å². The SMILES string of the molecule is CC(C)CN(C)CC1CC(C(C)(C)C)CCC1=O. The number of ketones is 1. The molecule has 0 spiro atoms. The molecule has 0 aromatic heterocycles. The van der Waals surface area contributed by atoms with Crippen molar-refractivity contribution in [3.05, 3.63) is 0 Å². The van der Waals surface area contributed by atoms with Gasteiger partial charge in [-0.2, -0.15) is 0 Å². The van der Waals surface area contributed by atoms with Crippen molar-refractivity contribution in [1.29, 1.82) is 0 Å². The highest BCUT2D eigenvalue weighted by molar-refractivity contribution is 5.82. The van der Waals surface area contributed by atoms with E-state index in [0.29, 0.717) is 23.0 Å². The number of hydrogen-bond donors (Lipinski definition) is 0. The molecule has 0 saturated heterocycles. The topological polar surface area (TPSA) is 20.3 Å². The van der Waals surface area contributed by atoms with Crippen LogP contribution in [0, 0.1) is 23.2 Å². The minimum absolute atomic E-state index is 0.270. The predicted molar refractivity (Wildman–Crippen MR) is 77.6 cm³/mol. The molecule has 18 heavy (non-hydrogen) atoms. The Bertz CT molecular complexity index is 277. The van der Waals surface area contributed by atoms with Gasteiger partial charge in [0.1, 0.15) is 5.78 Å². The minimum atomic E-state index is 0.270. The van der Waals surface area contributed by atoms with Gasteiger partial charge in [-0.05, 0) is 37.1 Å². The van der Waals surface area contributed by atoms with Gasteiger partial charge >= 0.3 is 0 Å². The van der Waals surface area contributed by atoms with Crippen molar-refractivity contribution in [3.63, 3.8) is 0 Å². The fourth-order valence-electron chi connectivity index (χ4n) is 3.15. The van der Waals surface area contributed by atoms with Crippen LogP contribution in [0.1, 0.15) is 53.9 Å².